The van der Waals surface area contributed by atoms with Gasteiger partial charge in [0, 0.05) is 17.5 Å². The minimum Gasteiger partial charge on any atom is -0.492 e. The molecular formula is C23H28ClNO3. The Kier molecular flexibility index (Phi) is 7.75. The first-order valence-corrected chi connectivity index (χ1v) is 10.4. The number of nitrogens with zero attached hydrogens (tertiary/aromatic N) is 1. The first-order chi connectivity index (χ1) is 13.6. The summed E-state index contributed by atoms with van der Waals surface area (Å²) in [6.45, 7) is 4.41. The SMILES string of the molecule is CC(=O)CCCN1CCCC[C@H]1COc1ccc(Oc2ccc(Cl)cc2)cc1. The summed E-state index contributed by atoms with van der Waals surface area (Å²) in [5.74, 6) is 2.63. The van der Waals surface area contributed by atoms with E-state index in [1.54, 1.807) is 19.1 Å². The quantitative estimate of drug-likeness (QED) is 0.537. The molecule has 2 aromatic rings. The molecule has 3 rings (SSSR count). The third-order valence-electron chi connectivity index (χ3n) is 5.04. The number of hydrogen-bond donors (Lipinski definition) is 0. The van der Waals surface area contributed by atoms with Gasteiger partial charge in [-0.05, 0) is 87.8 Å². The molecule has 0 aliphatic carbocycles. The van der Waals surface area contributed by atoms with E-state index in [9.17, 15) is 4.79 Å². The zero-order valence-corrected chi connectivity index (χ0v) is 17.2. The van der Waals surface area contributed by atoms with Crippen LogP contribution in [0.2, 0.25) is 5.02 Å². The van der Waals surface area contributed by atoms with E-state index >= 15 is 0 Å². The first-order valence-electron chi connectivity index (χ1n) is 10.00. The monoisotopic (exact) mass is 401 g/mol. The maximum absolute atomic E-state index is 11.2. The second-order valence-corrected chi connectivity index (χ2v) is 7.77. The van der Waals surface area contributed by atoms with Gasteiger partial charge >= 0.3 is 0 Å². The molecule has 1 aliphatic heterocycles. The summed E-state index contributed by atoms with van der Waals surface area (Å²) in [5.41, 5.74) is 0. The Hall–Kier alpha value is -2.04. The van der Waals surface area contributed by atoms with Gasteiger partial charge < -0.3 is 14.3 Å². The van der Waals surface area contributed by atoms with Crippen molar-refractivity contribution >= 4 is 17.4 Å². The number of ketones is 1. The zero-order valence-electron chi connectivity index (χ0n) is 16.4. The van der Waals surface area contributed by atoms with Crippen LogP contribution in [-0.4, -0.2) is 36.4 Å². The zero-order chi connectivity index (χ0) is 19.8. The van der Waals surface area contributed by atoms with Gasteiger partial charge in [0.25, 0.3) is 0 Å². The van der Waals surface area contributed by atoms with Gasteiger partial charge in [-0.2, -0.15) is 0 Å². The van der Waals surface area contributed by atoms with Crippen molar-refractivity contribution in [1.29, 1.82) is 0 Å². The molecule has 0 spiro atoms. The number of piperidine rings is 1. The smallest absolute Gasteiger partial charge is 0.129 e. The number of halogens is 1. The third kappa shape index (κ3) is 6.54. The van der Waals surface area contributed by atoms with Crippen LogP contribution in [0.1, 0.15) is 39.0 Å². The van der Waals surface area contributed by atoms with Crippen molar-refractivity contribution in [3.05, 3.63) is 53.6 Å². The molecule has 0 amide bonds. The molecule has 2 aromatic carbocycles. The predicted molar refractivity (Wildman–Crippen MR) is 113 cm³/mol. The third-order valence-corrected chi connectivity index (χ3v) is 5.29. The summed E-state index contributed by atoms with van der Waals surface area (Å²) in [5, 5.41) is 0.689. The Morgan fingerprint density at radius 3 is 2.36 bits per heavy atom. The molecule has 4 nitrogen and oxygen atoms in total. The van der Waals surface area contributed by atoms with Crippen molar-refractivity contribution in [2.75, 3.05) is 19.7 Å². The van der Waals surface area contributed by atoms with Crippen LogP contribution >= 0.6 is 11.6 Å². The maximum Gasteiger partial charge on any atom is 0.129 e. The average Bonchev–Trinajstić information content (AvgIpc) is 2.70. The van der Waals surface area contributed by atoms with Gasteiger partial charge in [-0.25, -0.2) is 0 Å². The second kappa shape index (κ2) is 10.5. The van der Waals surface area contributed by atoms with Crippen molar-refractivity contribution in [2.24, 2.45) is 0 Å². The number of hydrogen-bond acceptors (Lipinski definition) is 4. The molecule has 0 radical (unpaired) electrons. The molecule has 5 heteroatoms. The number of likely N-dealkylation sites (tertiary alicyclic amines) is 1. The van der Waals surface area contributed by atoms with Crippen molar-refractivity contribution in [3.8, 4) is 17.2 Å². The molecule has 1 atom stereocenters. The predicted octanol–water partition coefficient (Wildman–Crippen LogP) is 5.73. The molecule has 1 aliphatic rings. The first kappa shape index (κ1) is 20.7. The molecule has 0 unspecified atom stereocenters. The number of ether oxygens (including phenoxy) is 2. The lowest BCUT2D eigenvalue weighted by Gasteiger charge is -2.35. The van der Waals surface area contributed by atoms with E-state index in [2.05, 4.69) is 4.90 Å². The van der Waals surface area contributed by atoms with Gasteiger partial charge in [-0.1, -0.05) is 18.0 Å². The van der Waals surface area contributed by atoms with Crippen molar-refractivity contribution in [1.82, 2.24) is 4.90 Å². The molecule has 28 heavy (non-hydrogen) atoms. The molecule has 0 bridgehead atoms. The Bertz CT molecular complexity index is 745. The average molecular weight is 402 g/mol. The van der Waals surface area contributed by atoms with E-state index < -0.39 is 0 Å². The van der Waals surface area contributed by atoms with Gasteiger partial charge in [0.1, 0.15) is 29.6 Å². The fourth-order valence-electron chi connectivity index (χ4n) is 3.51. The fourth-order valence-corrected chi connectivity index (χ4v) is 3.64. The highest BCUT2D eigenvalue weighted by Crippen LogP contribution is 2.26. The Morgan fingerprint density at radius 1 is 1.04 bits per heavy atom. The molecule has 150 valence electrons. The number of Topliss-reactive ketones (excluding diaryl/α,β-unsaturated/α-hetero) is 1. The van der Waals surface area contributed by atoms with E-state index in [1.807, 2.05) is 36.4 Å². The van der Waals surface area contributed by atoms with Crippen LogP contribution < -0.4 is 9.47 Å². The van der Waals surface area contributed by atoms with Crippen molar-refractivity contribution < 1.29 is 14.3 Å². The van der Waals surface area contributed by atoms with Gasteiger partial charge in [-0.15, -0.1) is 0 Å². The molecule has 1 fully saturated rings. The molecule has 0 aromatic heterocycles. The number of benzene rings is 2. The van der Waals surface area contributed by atoms with E-state index in [0.717, 1.165) is 43.2 Å². The van der Waals surface area contributed by atoms with Crippen molar-refractivity contribution in [2.45, 2.75) is 45.1 Å². The van der Waals surface area contributed by atoms with Crippen LogP contribution in [0.4, 0.5) is 0 Å². The van der Waals surface area contributed by atoms with E-state index in [1.165, 1.54) is 12.8 Å². The summed E-state index contributed by atoms with van der Waals surface area (Å²) in [6.07, 6.45) is 5.22. The highest BCUT2D eigenvalue weighted by atomic mass is 35.5. The van der Waals surface area contributed by atoms with Crippen LogP contribution in [0.15, 0.2) is 48.5 Å². The van der Waals surface area contributed by atoms with Crippen LogP contribution in [0.3, 0.4) is 0 Å². The minimum absolute atomic E-state index is 0.269. The lowest BCUT2D eigenvalue weighted by molar-refractivity contribution is -0.117. The van der Waals surface area contributed by atoms with Gasteiger partial charge in [-0.3, -0.25) is 4.90 Å². The summed E-state index contributed by atoms with van der Waals surface area (Å²) in [7, 11) is 0. The topological polar surface area (TPSA) is 38.8 Å². The summed E-state index contributed by atoms with van der Waals surface area (Å²) in [6, 6.07) is 15.4. The molecule has 1 saturated heterocycles. The minimum atomic E-state index is 0.269. The van der Waals surface area contributed by atoms with Gasteiger partial charge in [0.15, 0.2) is 0 Å². The van der Waals surface area contributed by atoms with Gasteiger partial charge in [0.2, 0.25) is 0 Å². The largest absolute Gasteiger partial charge is 0.492 e. The summed E-state index contributed by atoms with van der Waals surface area (Å²) < 4.78 is 11.9. The lowest BCUT2D eigenvalue weighted by atomic mass is 10.0. The van der Waals surface area contributed by atoms with Crippen molar-refractivity contribution in [3.63, 3.8) is 0 Å². The molecular weight excluding hydrogens is 374 g/mol. The summed E-state index contributed by atoms with van der Waals surface area (Å²) in [4.78, 5) is 13.7. The Morgan fingerprint density at radius 2 is 1.68 bits per heavy atom. The number of carbonyl (C=O) groups excluding carboxylic acids is 1. The van der Waals surface area contributed by atoms with Crippen LogP contribution in [-0.2, 0) is 4.79 Å². The second-order valence-electron chi connectivity index (χ2n) is 7.33. The number of rotatable bonds is 9. The van der Waals surface area contributed by atoms with E-state index in [4.69, 9.17) is 21.1 Å². The molecule has 1 heterocycles. The maximum atomic E-state index is 11.2. The van der Waals surface area contributed by atoms with Gasteiger partial charge in [0.05, 0.1) is 0 Å². The van der Waals surface area contributed by atoms with Crippen LogP contribution in [0.25, 0.3) is 0 Å². The molecule has 0 saturated carbocycles. The Balaban J connectivity index is 1.48. The standard InChI is InChI=1S/C23H28ClNO3/c1-18(26)5-4-16-25-15-3-2-6-20(25)17-27-21-11-13-23(14-12-21)28-22-9-7-19(24)8-10-22/h7-14,20H,2-6,15-17H2,1H3/t20-/m0/s1. The van der Waals surface area contributed by atoms with Crippen LogP contribution in [0.5, 0.6) is 17.2 Å². The van der Waals surface area contributed by atoms with E-state index in [-0.39, 0.29) is 5.78 Å². The highest BCUT2D eigenvalue weighted by Gasteiger charge is 2.22. The summed E-state index contributed by atoms with van der Waals surface area (Å²) >= 11 is 5.90. The van der Waals surface area contributed by atoms with Crippen LogP contribution in [0, 0.1) is 0 Å². The van der Waals surface area contributed by atoms with E-state index in [0.29, 0.717) is 24.1 Å². The number of carbonyl (C=O) groups is 1. The highest BCUT2D eigenvalue weighted by molar-refractivity contribution is 6.30. The Labute approximate surface area is 172 Å². The fraction of sp³-hybridized carbons (Fsp3) is 0.435. The molecule has 0 N–H and O–H groups in total. The normalized spacial score (nSPS) is 17.3. The lowest BCUT2D eigenvalue weighted by Crippen LogP contribution is -2.43.